The molecule has 2 aromatic carbocycles. The fourth-order valence-electron chi connectivity index (χ4n) is 1.57. The number of phenols is 2. The molecule has 0 saturated heterocycles. The van der Waals surface area contributed by atoms with Gasteiger partial charge in [-0.25, -0.2) is 0 Å². The van der Waals surface area contributed by atoms with Crippen molar-refractivity contribution in [1.29, 1.82) is 0 Å². The van der Waals surface area contributed by atoms with Crippen LogP contribution in [0.1, 0.15) is 15.9 Å². The van der Waals surface area contributed by atoms with Gasteiger partial charge in [0.1, 0.15) is 11.5 Å². The Balaban J connectivity index is 2.26. The fraction of sp³-hybridized carbons (Fsp3) is 0. The van der Waals surface area contributed by atoms with Gasteiger partial charge in [-0.15, -0.1) is 0 Å². The van der Waals surface area contributed by atoms with Crippen LogP contribution in [0.5, 0.6) is 11.5 Å². The summed E-state index contributed by atoms with van der Waals surface area (Å²) in [5.41, 5.74) is 1.03. The third kappa shape index (κ3) is 3.23. The predicted octanol–water partition coefficient (Wildman–Crippen LogP) is 3.76. The summed E-state index contributed by atoms with van der Waals surface area (Å²) in [6.45, 7) is 0. The molecule has 4 heteroatoms. The summed E-state index contributed by atoms with van der Waals surface area (Å²) in [6.07, 6.45) is 3.05. The Morgan fingerprint density at radius 1 is 1.05 bits per heavy atom. The van der Waals surface area contributed by atoms with Gasteiger partial charge in [0.25, 0.3) is 0 Å². The van der Waals surface area contributed by atoms with Crippen molar-refractivity contribution in [1.82, 2.24) is 0 Å². The van der Waals surface area contributed by atoms with E-state index in [4.69, 9.17) is 0 Å². The van der Waals surface area contributed by atoms with Crippen LogP contribution >= 0.6 is 15.9 Å². The molecule has 0 spiro atoms. The number of ketones is 1. The number of rotatable bonds is 3. The van der Waals surface area contributed by atoms with Gasteiger partial charge >= 0.3 is 0 Å². The molecule has 0 fully saturated rings. The van der Waals surface area contributed by atoms with Gasteiger partial charge in [0, 0.05) is 6.07 Å². The highest BCUT2D eigenvalue weighted by molar-refractivity contribution is 9.10. The number of hydrogen-bond donors (Lipinski definition) is 2. The summed E-state index contributed by atoms with van der Waals surface area (Å²) in [5.74, 6) is -0.688. The third-order valence-electron chi connectivity index (χ3n) is 2.56. The monoisotopic (exact) mass is 318 g/mol. The summed E-state index contributed by atoms with van der Waals surface area (Å²) in [5, 5.41) is 19.0. The summed E-state index contributed by atoms with van der Waals surface area (Å²) in [6, 6.07) is 11.9. The second kappa shape index (κ2) is 5.71. The van der Waals surface area contributed by atoms with Crippen molar-refractivity contribution in [2.75, 3.05) is 0 Å². The highest BCUT2D eigenvalue weighted by atomic mass is 79.9. The van der Waals surface area contributed by atoms with E-state index in [1.165, 1.54) is 12.1 Å². The van der Waals surface area contributed by atoms with Crippen LogP contribution in [0.15, 0.2) is 53.0 Å². The van der Waals surface area contributed by atoms with Crippen molar-refractivity contribution in [3.63, 3.8) is 0 Å². The molecule has 0 aliphatic carbocycles. The van der Waals surface area contributed by atoms with Crippen LogP contribution in [0.3, 0.4) is 0 Å². The van der Waals surface area contributed by atoms with Crippen LogP contribution < -0.4 is 0 Å². The van der Waals surface area contributed by atoms with Gasteiger partial charge in [0.05, 0.1) is 10.0 Å². The Kier molecular flexibility index (Phi) is 4.02. The average Bonchev–Trinajstić information content (AvgIpc) is 2.41. The number of phenolic OH excluding ortho intramolecular Hbond substituents is 2. The first kappa shape index (κ1) is 13.4. The molecule has 0 unspecified atom stereocenters. The SMILES string of the molecule is O=C(/C=C/c1ccccc1)c1cc(Br)c(O)cc1O. The quantitative estimate of drug-likeness (QED) is 0.669. The van der Waals surface area contributed by atoms with Gasteiger partial charge in [0.2, 0.25) is 0 Å². The zero-order valence-electron chi connectivity index (χ0n) is 9.88. The van der Waals surface area contributed by atoms with Crippen LogP contribution in [-0.4, -0.2) is 16.0 Å². The van der Waals surface area contributed by atoms with Crippen molar-refractivity contribution in [3.05, 3.63) is 64.1 Å². The predicted molar refractivity (Wildman–Crippen MR) is 77.3 cm³/mol. The second-order valence-corrected chi connectivity index (χ2v) is 4.78. The minimum Gasteiger partial charge on any atom is -0.507 e. The van der Waals surface area contributed by atoms with E-state index in [1.54, 1.807) is 6.08 Å². The van der Waals surface area contributed by atoms with E-state index < -0.39 is 0 Å². The highest BCUT2D eigenvalue weighted by Gasteiger charge is 2.11. The van der Waals surface area contributed by atoms with E-state index in [0.717, 1.165) is 11.6 Å². The second-order valence-electron chi connectivity index (χ2n) is 3.93. The van der Waals surface area contributed by atoms with Gasteiger partial charge in [-0.05, 0) is 33.6 Å². The molecule has 0 atom stereocenters. The lowest BCUT2D eigenvalue weighted by atomic mass is 10.1. The molecule has 2 N–H and O–H groups in total. The number of carbonyl (C=O) groups excluding carboxylic acids is 1. The Morgan fingerprint density at radius 3 is 2.42 bits per heavy atom. The number of halogens is 1. The molecule has 0 heterocycles. The van der Waals surface area contributed by atoms with E-state index >= 15 is 0 Å². The molecule has 0 bridgehead atoms. The minimum absolute atomic E-state index is 0.110. The van der Waals surface area contributed by atoms with E-state index in [-0.39, 0.29) is 22.8 Å². The first-order valence-corrected chi connectivity index (χ1v) is 6.36. The maximum atomic E-state index is 12.0. The lowest BCUT2D eigenvalue weighted by Crippen LogP contribution is -1.95. The van der Waals surface area contributed by atoms with Crippen molar-refractivity contribution >= 4 is 27.8 Å². The van der Waals surface area contributed by atoms with Crippen molar-refractivity contribution in [2.24, 2.45) is 0 Å². The van der Waals surface area contributed by atoms with Crippen LogP contribution in [0.25, 0.3) is 6.08 Å². The molecule has 0 saturated carbocycles. The molecular formula is C15H11BrO3. The lowest BCUT2D eigenvalue weighted by Gasteiger charge is -2.03. The molecule has 3 nitrogen and oxygen atoms in total. The number of aromatic hydroxyl groups is 2. The Morgan fingerprint density at radius 2 is 1.74 bits per heavy atom. The van der Waals surface area contributed by atoms with Crippen LogP contribution in [0.4, 0.5) is 0 Å². The van der Waals surface area contributed by atoms with Gasteiger partial charge in [-0.2, -0.15) is 0 Å². The maximum Gasteiger partial charge on any atom is 0.189 e. The Bertz CT molecular complexity index is 633. The van der Waals surface area contributed by atoms with Crippen LogP contribution in [0.2, 0.25) is 0 Å². The largest absolute Gasteiger partial charge is 0.507 e. The Labute approximate surface area is 119 Å². The van der Waals surface area contributed by atoms with E-state index in [0.29, 0.717) is 4.47 Å². The standard InChI is InChI=1S/C15H11BrO3/c16-12-8-11(14(18)9-15(12)19)13(17)7-6-10-4-2-1-3-5-10/h1-9,18-19H/b7-6+. The van der Waals surface area contributed by atoms with Gasteiger partial charge in [0.15, 0.2) is 5.78 Å². The Hall–Kier alpha value is -2.07. The van der Waals surface area contributed by atoms with E-state index in [9.17, 15) is 15.0 Å². The van der Waals surface area contributed by atoms with Crippen molar-refractivity contribution < 1.29 is 15.0 Å². The van der Waals surface area contributed by atoms with Crippen molar-refractivity contribution in [3.8, 4) is 11.5 Å². The molecule has 0 aliphatic heterocycles. The lowest BCUT2D eigenvalue weighted by molar-refractivity contribution is 0.104. The normalized spacial score (nSPS) is 10.8. The molecule has 0 amide bonds. The number of allylic oxidation sites excluding steroid dienone is 1. The number of benzene rings is 2. The first-order chi connectivity index (χ1) is 9.08. The number of hydrogen-bond acceptors (Lipinski definition) is 3. The van der Waals surface area contributed by atoms with Gasteiger partial charge in [-0.1, -0.05) is 36.4 Å². The topological polar surface area (TPSA) is 57.5 Å². The summed E-state index contributed by atoms with van der Waals surface area (Å²) < 4.78 is 0.363. The zero-order chi connectivity index (χ0) is 13.8. The summed E-state index contributed by atoms with van der Waals surface area (Å²) in [4.78, 5) is 12.0. The maximum absolute atomic E-state index is 12.0. The summed E-state index contributed by atoms with van der Waals surface area (Å²) >= 11 is 3.11. The molecule has 0 aliphatic rings. The number of carbonyl (C=O) groups is 1. The van der Waals surface area contributed by atoms with E-state index in [1.807, 2.05) is 30.3 Å². The van der Waals surface area contributed by atoms with Crippen molar-refractivity contribution in [2.45, 2.75) is 0 Å². The average molecular weight is 319 g/mol. The summed E-state index contributed by atoms with van der Waals surface area (Å²) in [7, 11) is 0. The molecule has 2 aromatic rings. The van der Waals surface area contributed by atoms with E-state index in [2.05, 4.69) is 15.9 Å². The minimum atomic E-state index is -0.331. The smallest absolute Gasteiger partial charge is 0.189 e. The van der Waals surface area contributed by atoms with Crippen LogP contribution in [-0.2, 0) is 0 Å². The highest BCUT2D eigenvalue weighted by Crippen LogP contribution is 2.31. The fourth-order valence-corrected chi connectivity index (χ4v) is 1.92. The molecule has 96 valence electrons. The molecule has 2 rings (SSSR count). The zero-order valence-corrected chi connectivity index (χ0v) is 11.5. The van der Waals surface area contributed by atoms with Crippen LogP contribution in [0, 0.1) is 0 Å². The first-order valence-electron chi connectivity index (χ1n) is 5.57. The molecule has 0 radical (unpaired) electrons. The van der Waals surface area contributed by atoms with Gasteiger partial charge in [-0.3, -0.25) is 4.79 Å². The molecule has 19 heavy (non-hydrogen) atoms. The molecular weight excluding hydrogens is 308 g/mol. The van der Waals surface area contributed by atoms with Gasteiger partial charge < -0.3 is 10.2 Å². The molecule has 0 aromatic heterocycles. The third-order valence-corrected chi connectivity index (χ3v) is 3.19.